The van der Waals surface area contributed by atoms with Gasteiger partial charge in [0.25, 0.3) is 5.91 Å². The van der Waals surface area contributed by atoms with Crippen molar-refractivity contribution < 1.29 is 19.0 Å². The van der Waals surface area contributed by atoms with Crippen molar-refractivity contribution in [1.29, 1.82) is 0 Å². The lowest BCUT2D eigenvalue weighted by Gasteiger charge is -2.38. The summed E-state index contributed by atoms with van der Waals surface area (Å²) in [5.74, 6) is 0.769. The van der Waals surface area contributed by atoms with Gasteiger partial charge in [0, 0.05) is 62.6 Å². The molecule has 3 atom stereocenters. The molecule has 5 rings (SSSR count). The predicted octanol–water partition coefficient (Wildman–Crippen LogP) is 3.01. The van der Waals surface area contributed by atoms with Crippen molar-refractivity contribution in [3.8, 4) is 0 Å². The SMILES string of the molecule is COC1COCCC1NC1CCN(C(=O)c2ncnc(N3CCOC(c4ccc(Cl)cc4)C3)c2C)CC1. The lowest BCUT2D eigenvalue weighted by atomic mass is 9.99. The molecule has 3 aliphatic heterocycles. The number of aromatic nitrogens is 2. The Kier molecular flexibility index (Phi) is 8.56. The number of halogens is 1. The number of methoxy groups -OCH3 is 1. The number of rotatable bonds is 6. The molecule has 3 saturated heterocycles. The highest BCUT2D eigenvalue weighted by molar-refractivity contribution is 6.30. The van der Waals surface area contributed by atoms with E-state index in [4.69, 9.17) is 25.8 Å². The van der Waals surface area contributed by atoms with Crippen LogP contribution in [-0.2, 0) is 14.2 Å². The van der Waals surface area contributed by atoms with Gasteiger partial charge >= 0.3 is 0 Å². The zero-order valence-electron chi connectivity index (χ0n) is 21.6. The van der Waals surface area contributed by atoms with Crippen molar-refractivity contribution in [2.24, 2.45) is 0 Å². The topological polar surface area (TPSA) is 89.1 Å². The Bertz CT molecular complexity index is 1060. The first-order chi connectivity index (χ1) is 18.0. The number of carbonyl (C=O) groups is 1. The van der Waals surface area contributed by atoms with Gasteiger partial charge in [0.1, 0.15) is 23.9 Å². The Morgan fingerprint density at radius 3 is 2.65 bits per heavy atom. The van der Waals surface area contributed by atoms with E-state index >= 15 is 0 Å². The number of amides is 1. The van der Waals surface area contributed by atoms with E-state index in [0.29, 0.717) is 62.2 Å². The van der Waals surface area contributed by atoms with E-state index < -0.39 is 0 Å². The van der Waals surface area contributed by atoms with Crippen molar-refractivity contribution in [2.75, 3.05) is 58.0 Å². The quantitative estimate of drug-likeness (QED) is 0.611. The maximum absolute atomic E-state index is 13.5. The van der Waals surface area contributed by atoms with E-state index in [-0.39, 0.29) is 18.1 Å². The highest BCUT2D eigenvalue weighted by Gasteiger charge is 2.32. The van der Waals surface area contributed by atoms with E-state index in [2.05, 4.69) is 20.2 Å². The minimum absolute atomic E-state index is 0.0251. The van der Waals surface area contributed by atoms with E-state index in [1.165, 1.54) is 6.33 Å². The number of carbonyl (C=O) groups excluding carboxylic acids is 1. The largest absolute Gasteiger partial charge is 0.379 e. The summed E-state index contributed by atoms with van der Waals surface area (Å²) >= 11 is 6.05. The zero-order valence-corrected chi connectivity index (χ0v) is 22.3. The van der Waals surface area contributed by atoms with Crippen LogP contribution in [0.1, 0.15) is 47.0 Å². The number of morpholine rings is 1. The van der Waals surface area contributed by atoms with E-state index in [9.17, 15) is 4.79 Å². The van der Waals surface area contributed by atoms with Gasteiger partial charge in [-0.3, -0.25) is 4.79 Å². The number of anilines is 1. The van der Waals surface area contributed by atoms with Gasteiger partial charge < -0.3 is 29.3 Å². The summed E-state index contributed by atoms with van der Waals surface area (Å²) in [6, 6.07) is 8.41. The first-order valence-corrected chi connectivity index (χ1v) is 13.5. The fourth-order valence-corrected chi connectivity index (χ4v) is 5.66. The average molecular weight is 530 g/mol. The van der Waals surface area contributed by atoms with Gasteiger partial charge in [0.2, 0.25) is 0 Å². The van der Waals surface area contributed by atoms with Gasteiger partial charge in [-0.2, -0.15) is 0 Å². The smallest absolute Gasteiger partial charge is 0.272 e. The molecule has 9 nitrogen and oxygen atoms in total. The molecule has 4 heterocycles. The molecule has 37 heavy (non-hydrogen) atoms. The molecule has 0 spiro atoms. The number of nitrogens with zero attached hydrogens (tertiary/aromatic N) is 4. The van der Waals surface area contributed by atoms with Gasteiger partial charge in [0.15, 0.2) is 0 Å². The standard InChI is InChI=1S/C27H36ClN5O4/c1-18-25(27(34)32-10-7-21(8-11-32)31-22-9-13-36-16-24(22)35-2)29-17-30-26(18)33-12-14-37-23(15-33)19-3-5-20(28)6-4-19/h3-6,17,21-24,31H,7-16H2,1-2H3. The zero-order chi connectivity index (χ0) is 25.8. The number of likely N-dealkylation sites (tertiary alicyclic amines) is 1. The van der Waals surface area contributed by atoms with E-state index in [0.717, 1.165) is 42.8 Å². The summed E-state index contributed by atoms with van der Waals surface area (Å²) in [5.41, 5.74) is 2.37. The molecule has 1 N–H and O–H groups in total. The Hall–Kier alpha value is -2.30. The Labute approximate surface area is 223 Å². The molecule has 0 aliphatic carbocycles. The van der Waals surface area contributed by atoms with Crippen LogP contribution in [0.25, 0.3) is 0 Å². The second kappa shape index (κ2) is 12.0. The number of piperidine rings is 1. The van der Waals surface area contributed by atoms with Crippen molar-refractivity contribution in [3.05, 3.63) is 52.4 Å². The van der Waals surface area contributed by atoms with Crippen molar-refractivity contribution in [3.63, 3.8) is 0 Å². The molecule has 3 aliphatic rings. The van der Waals surface area contributed by atoms with Crippen molar-refractivity contribution >= 4 is 23.3 Å². The molecule has 1 aromatic carbocycles. The van der Waals surface area contributed by atoms with Gasteiger partial charge in [-0.1, -0.05) is 23.7 Å². The molecule has 0 radical (unpaired) electrons. The maximum Gasteiger partial charge on any atom is 0.272 e. The number of ether oxygens (including phenoxy) is 3. The molecular formula is C27H36ClN5O4. The Morgan fingerprint density at radius 2 is 1.89 bits per heavy atom. The molecule has 1 amide bonds. The fraction of sp³-hybridized carbons (Fsp3) is 0.593. The summed E-state index contributed by atoms with van der Waals surface area (Å²) in [5, 5.41) is 4.45. The first kappa shape index (κ1) is 26.3. The summed E-state index contributed by atoms with van der Waals surface area (Å²) in [6.07, 6.45) is 4.26. The molecule has 0 saturated carbocycles. The lowest BCUT2D eigenvalue weighted by molar-refractivity contribution is -0.0533. The van der Waals surface area contributed by atoms with Crippen LogP contribution in [0.4, 0.5) is 5.82 Å². The number of nitrogens with one attached hydrogen (secondary N) is 1. The van der Waals surface area contributed by atoms with Crippen LogP contribution >= 0.6 is 11.6 Å². The van der Waals surface area contributed by atoms with E-state index in [1.54, 1.807) is 7.11 Å². The molecule has 1 aromatic heterocycles. The number of hydrogen-bond donors (Lipinski definition) is 1. The molecule has 10 heteroatoms. The third-order valence-electron chi connectivity index (χ3n) is 7.71. The van der Waals surface area contributed by atoms with Gasteiger partial charge in [0.05, 0.1) is 19.3 Å². The second-order valence-corrected chi connectivity index (χ2v) is 10.4. The maximum atomic E-state index is 13.5. The van der Waals surface area contributed by atoms with Gasteiger partial charge in [-0.05, 0) is 43.9 Å². The molecule has 0 bridgehead atoms. The summed E-state index contributed by atoms with van der Waals surface area (Å²) in [4.78, 5) is 26.6. The van der Waals surface area contributed by atoms with E-state index in [1.807, 2.05) is 36.1 Å². The molecule has 3 unspecified atom stereocenters. The van der Waals surface area contributed by atoms with Crippen LogP contribution in [0, 0.1) is 6.92 Å². The van der Waals surface area contributed by atoms with Crippen LogP contribution in [0.15, 0.2) is 30.6 Å². The summed E-state index contributed by atoms with van der Waals surface area (Å²) < 4.78 is 17.2. The summed E-state index contributed by atoms with van der Waals surface area (Å²) in [7, 11) is 1.74. The summed E-state index contributed by atoms with van der Waals surface area (Å²) in [6.45, 7) is 6.67. The fourth-order valence-electron chi connectivity index (χ4n) is 5.53. The molecular weight excluding hydrogens is 494 g/mol. The first-order valence-electron chi connectivity index (χ1n) is 13.1. The van der Waals surface area contributed by atoms with Gasteiger partial charge in [-0.25, -0.2) is 9.97 Å². The van der Waals surface area contributed by atoms with Crippen LogP contribution < -0.4 is 10.2 Å². The predicted molar refractivity (Wildman–Crippen MR) is 141 cm³/mol. The van der Waals surface area contributed by atoms with Crippen LogP contribution in [0.5, 0.6) is 0 Å². The Morgan fingerprint density at radius 1 is 1.11 bits per heavy atom. The highest BCUT2D eigenvalue weighted by Crippen LogP contribution is 2.29. The normalized spacial score (nSPS) is 25.3. The molecule has 3 fully saturated rings. The number of benzene rings is 1. The third-order valence-corrected chi connectivity index (χ3v) is 7.96. The lowest BCUT2D eigenvalue weighted by Crippen LogP contribution is -2.54. The minimum atomic E-state index is -0.0838. The van der Waals surface area contributed by atoms with Crippen molar-refractivity contribution in [1.82, 2.24) is 20.2 Å². The minimum Gasteiger partial charge on any atom is -0.379 e. The van der Waals surface area contributed by atoms with Crippen LogP contribution in [-0.4, -0.2) is 92.1 Å². The average Bonchev–Trinajstić information content (AvgIpc) is 2.94. The van der Waals surface area contributed by atoms with Crippen LogP contribution in [0.2, 0.25) is 5.02 Å². The number of hydrogen-bond acceptors (Lipinski definition) is 8. The monoisotopic (exact) mass is 529 g/mol. The molecule has 200 valence electrons. The van der Waals surface area contributed by atoms with Gasteiger partial charge in [-0.15, -0.1) is 0 Å². The Balaban J connectivity index is 1.21. The van der Waals surface area contributed by atoms with Crippen molar-refractivity contribution in [2.45, 2.75) is 50.5 Å². The van der Waals surface area contributed by atoms with Crippen LogP contribution in [0.3, 0.4) is 0 Å². The molecule has 2 aromatic rings. The highest BCUT2D eigenvalue weighted by atomic mass is 35.5. The third kappa shape index (κ3) is 6.07. The second-order valence-electron chi connectivity index (χ2n) is 10.0.